The fourth-order valence-corrected chi connectivity index (χ4v) is 4.44. The molecule has 0 bridgehead atoms. The molecule has 2 aliphatic heterocycles. The Bertz CT molecular complexity index is 617. The molecule has 0 N–H and O–H groups in total. The molecule has 0 aliphatic carbocycles. The van der Waals surface area contributed by atoms with Crippen molar-refractivity contribution in [2.24, 2.45) is 0 Å². The quantitative estimate of drug-likeness (QED) is 0.844. The predicted molar refractivity (Wildman–Crippen MR) is 97.5 cm³/mol. The number of thioether (sulfide) groups is 1. The van der Waals surface area contributed by atoms with Gasteiger partial charge in [-0.1, -0.05) is 6.92 Å². The molecule has 0 spiro atoms. The molecule has 2 heterocycles. The minimum Gasteiger partial charge on any atom is -0.341 e. The number of fused-ring (bicyclic) bond motifs is 1. The highest BCUT2D eigenvalue weighted by Crippen LogP contribution is 2.30. The zero-order valence-electron chi connectivity index (χ0n) is 14.4. The van der Waals surface area contributed by atoms with E-state index in [0.29, 0.717) is 19.5 Å². The monoisotopic (exact) mass is 346 g/mol. The van der Waals surface area contributed by atoms with E-state index in [0.717, 1.165) is 37.9 Å². The van der Waals surface area contributed by atoms with Crippen LogP contribution in [0.4, 0.5) is 0 Å². The summed E-state index contributed by atoms with van der Waals surface area (Å²) in [6.45, 7) is 4.83. The zero-order valence-corrected chi connectivity index (χ0v) is 15.2. The maximum Gasteiger partial charge on any atom is 0.253 e. The number of benzene rings is 1. The van der Waals surface area contributed by atoms with Gasteiger partial charge in [0.1, 0.15) is 0 Å². The second kappa shape index (κ2) is 8.06. The third-order valence-corrected chi connectivity index (χ3v) is 5.96. The van der Waals surface area contributed by atoms with Crippen molar-refractivity contribution in [3.63, 3.8) is 0 Å². The van der Waals surface area contributed by atoms with Gasteiger partial charge in [0, 0.05) is 43.1 Å². The first-order valence-corrected chi connectivity index (χ1v) is 10.0. The molecule has 1 saturated heterocycles. The molecule has 2 amide bonds. The number of carbonyl (C=O) groups excluding carboxylic acids is 2. The van der Waals surface area contributed by atoms with Crippen LogP contribution in [0.3, 0.4) is 0 Å². The number of aryl methyl sites for hydroxylation is 1. The number of nitrogens with zero attached hydrogens (tertiary/aromatic N) is 2. The Hall–Kier alpha value is -1.49. The van der Waals surface area contributed by atoms with Crippen LogP contribution >= 0.6 is 11.8 Å². The van der Waals surface area contributed by atoms with Gasteiger partial charge in [-0.05, 0) is 55.2 Å². The topological polar surface area (TPSA) is 40.6 Å². The van der Waals surface area contributed by atoms with Gasteiger partial charge in [0.15, 0.2) is 0 Å². The van der Waals surface area contributed by atoms with Crippen LogP contribution in [0.25, 0.3) is 0 Å². The summed E-state index contributed by atoms with van der Waals surface area (Å²) >= 11 is 1.89. The molecule has 0 atom stereocenters. The second-order valence-corrected chi connectivity index (χ2v) is 7.69. The Labute approximate surface area is 148 Å². The Morgan fingerprint density at radius 2 is 1.88 bits per heavy atom. The summed E-state index contributed by atoms with van der Waals surface area (Å²) in [5.74, 6) is 1.50. The molecule has 4 nitrogen and oxygen atoms in total. The van der Waals surface area contributed by atoms with Crippen molar-refractivity contribution in [1.82, 2.24) is 9.80 Å². The molecular formula is C19H26N2O2S. The first-order chi connectivity index (χ1) is 11.7. The van der Waals surface area contributed by atoms with Crippen molar-refractivity contribution >= 4 is 23.6 Å². The van der Waals surface area contributed by atoms with E-state index in [1.54, 1.807) is 0 Å². The number of amides is 2. The number of hydrogen-bond acceptors (Lipinski definition) is 3. The fraction of sp³-hybridized carbons (Fsp3) is 0.579. The molecule has 0 aromatic heterocycles. The normalized spacial score (nSPS) is 18.0. The molecule has 2 aliphatic rings. The van der Waals surface area contributed by atoms with E-state index < -0.39 is 0 Å². The standard InChI is InChI=1S/C19H26N2O2S/c1-2-5-18(22)20-9-4-10-21(12-11-20)19(23)16-7-8-17-15(14-16)6-3-13-24-17/h7-8,14H,2-6,9-13H2,1H3. The maximum absolute atomic E-state index is 12.9. The van der Waals surface area contributed by atoms with Crippen LogP contribution in [0, 0.1) is 0 Å². The number of rotatable bonds is 3. The number of hydrogen-bond donors (Lipinski definition) is 0. The van der Waals surface area contributed by atoms with Gasteiger partial charge in [-0.2, -0.15) is 0 Å². The predicted octanol–water partition coefficient (Wildman–Crippen LogP) is 3.20. The first kappa shape index (κ1) is 17.3. The fourth-order valence-electron chi connectivity index (χ4n) is 3.42. The summed E-state index contributed by atoms with van der Waals surface area (Å²) in [7, 11) is 0. The van der Waals surface area contributed by atoms with Crippen molar-refractivity contribution in [2.75, 3.05) is 31.9 Å². The van der Waals surface area contributed by atoms with E-state index in [9.17, 15) is 9.59 Å². The molecule has 24 heavy (non-hydrogen) atoms. The first-order valence-electron chi connectivity index (χ1n) is 9.02. The zero-order chi connectivity index (χ0) is 16.9. The summed E-state index contributed by atoms with van der Waals surface area (Å²) in [5, 5.41) is 0. The lowest BCUT2D eigenvalue weighted by atomic mass is 10.1. The molecule has 3 rings (SSSR count). The smallest absolute Gasteiger partial charge is 0.253 e. The maximum atomic E-state index is 12.9. The third kappa shape index (κ3) is 3.94. The van der Waals surface area contributed by atoms with Crippen molar-refractivity contribution in [3.8, 4) is 0 Å². The molecule has 1 fully saturated rings. The number of carbonyl (C=O) groups is 2. The Morgan fingerprint density at radius 1 is 1.08 bits per heavy atom. The van der Waals surface area contributed by atoms with Gasteiger partial charge in [0.25, 0.3) is 5.91 Å². The van der Waals surface area contributed by atoms with Crippen LogP contribution in [0.15, 0.2) is 23.1 Å². The van der Waals surface area contributed by atoms with Crippen LogP contribution in [-0.2, 0) is 11.2 Å². The lowest BCUT2D eigenvalue weighted by Gasteiger charge is -2.23. The molecule has 130 valence electrons. The average Bonchev–Trinajstić information content (AvgIpc) is 2.87. The molecule has 5 heteroatoms. The van der Waals surface area contributed by atoms with E-state index in [-0.39, 0.29) is 11.8 Å². The summed E-state index contributed by atoms with van der Waals surface area (Å²) in [4.78, 5) is 30.1. The minimum absolute atomic E-state index is 0.109. The van der Waals surface area contributed by atoms with Crippen molar-refractivity contribution in [2.45, 2.75) is 43.9 Å². The van der Waals surface area contributed by atoms with Crippen molar-refractivity contribution in [1.29, 1.82) is 0 Å². The molecule has 0 radical (unpaired) electrons. The van der Waals surface area contributed by atoms with Gasteiger partial charge >= 0.3 is 0 Å². The van der Waals surface area contributed by atoms with Crippen LogP contribution in [0.1, 0.15) is 48.5 Å². The summed E-state index contributed by atoms with van der Waals surface area (Å²) < 4.78 is 0. The van der Waals surface area contributed by atoms with Crippen molar-refractivity contribution < 1.29 is 9.59 Å². The van der Waals surface area contributed by atoms with E-state index in [1.807, 2.05) is 34.6 Å². The lowest BCUT2D eigenvalue weighted by Crippen LogP contribution is -2.37. The van der Waals surface area contributed by atoms with Gasteiger partial charge in [0.2, 0.25) is 5.91 Å². The summed E-state index contributed by atoms with van der Waals surface area (Å²) in [5.41, 5.74) is 2.11. The van der Waals surface area contributed by atoms with Crippen LogP contribution in [-0.4, -0.2) is 53.5 Å². The Kier molecular flexibility index (Phi) is 5.82. The van der Waals surface area contributed by atoms with E-state index >= 15 is 0 Å². The molecule has 0 saturated carbocycles. The average molecular weight is 346 g/mol. The molecule has 1 aromatic carbocycles. The second-order valence-electron chi connectivity index (χ2n) is 6.55. The molecule has 1 aromatic rings. The van der Waals surface area contributed by atoms with Gasteiger partial charge < -0.3 is 9.80 Å². The van der Waals surface area contributed by atoms with E-state index in [1.165, 1.54) is 22.6 Å². The highest BCUT2D eigenvalue weighted by atomic mass is 32.2. The highest BCUT2D eigenvalue weighted by Gasteiger charge is 2.23. The third-order valence-electron chi connectivity index (χ3n) is 4.76. The molecular weight excluding hydrogens is 320 g/mol. The van der Waals surface area contributed by atoms with E-state index in [2.05, 4.69) is 12.1 Å². The SMILES string of the molecule is CCCC(=O)N1CCCN(C(=O)c2ccc3c(c2)CCCS3)CC1. The highest BCUT2D eigenvalue weighted by molar-refractivity contribution is 7.99. The van der Waals surface area contributed by atoms with Gasteiger partial charge in [-0.3, -0.25) is 9.59 Å². The summed E-state index contributed by atoms with van der Waals surface area (Å²) in [6, 6.07) is 6.14. The van der Waals surface area contributed by atoms with Crippen LogP contribution in [0.5, 0.6) is 0 Å². The summed E-state index contributed by atoms with van der Waals surface area (Å²) in [6.07, 6.45) is 4.61. The van der Waals surface area contributed by atoms with Crippen molar-refractivity contribution in [3.05, 3.63) is 29.3 Å². The minimum atomic E-state index is 0.109. The van der Waals surface area contributed by atoms with Gasteiger partial charge in [-0.25, -0.2) is 0 Å². The molecule has 0 unspecified atom stereocenters. The Balaban J connectivity index is 1.66. The Morgan fingerprint density at radius 3 is 2.71 bits per heavy atom. The van der Waals surface area contributed by atoms with Crippen LogP contribution in [0.2, 0.25) is 0 Å². The van der Waals surface area contributed by atoms with Gasteiger partial charge in [0.05, 0.1) is 0 Å². The lowest BCUT2D eigenvalue weighted by molar-refractivity contribution is -0.131. The van der Waals surface area contributed by atoms with Crippen LogP contribution < -0.4 is 0 Å². The van der Waals surface area contributed by atoms with Gasteiger partial charge in [-0.15, -0.1) is 11.8 Å². The largest absolute Gasteiger partial charge is 0.341 e. The van der Waals surface area contributed by atoms with E-state index in [4.69, 9.17) is 0 Å².